The Labute approximate surface area is 122 Å². The van der Waals surface area contributed by atoms with E-state index in [-0.39, 0.29) is 0 Å². The van der Waals surface area contributed by atoms with E-state index in [2.05, 4.69) is 15.4 Å². The van der Waals surface area contributed by atoms with Crippen LogP contribution in [0.2, 0.25) is 5.02 Å². The first-order valence-corrected chi connectivity index (χ1v) is 7.06. The molecule has 3 rings (SSSR count). The quantitative estimate of drug-likeness (QED) is 0.709. The van der Waals surface area contributed by atoms with Crippen molar-refractivity contribution in [2.45, 2.75) is 13.0 Å². The van der Waals surface area contributed by atoms with Crippen LogP contribution in [0.3, 0.4) is 0 Å². The molecule has 0 spiro atoms. The smallest absolute Gasteiger partial charge is 0.0705 e. The molecular weight excluding hydrogens is 272 g/mol. The lowest BCUT2D eigenvalue weighted by atomic mass is 10.2. The molecule has 0 saturated carbocycles. The maximum absolute atomic E-state index is 6.38. The molecule has 4 nitrogen and oxygen atoms in total. The largest absolute Gasteiger partial charge is 0.356 e. The monoisotopic (exact) mass is 288 g/mol. The predicted molar refractivity (Wildman–Crippen MR) is 81.9 cm³/mol. The third-order valence-corrected chi connectivity index (χ3v) is 3.93. The molecule has 0 atom stereocenters. The van der Waals surface area contributed by atoms with Crippen LogP contribution in [0.15, 0.2) is 36.5 Å². The fraction of sp³-hybridized carbons (Fsp3) is 0.267. The van der Waals surface area contributed by atoms with E-state index in [0.717, 1.165) is 41.1 Å². The molecule has 0 bridgehead atoms. The third-order valence-electron chi connectivity index (χ3n) is 3.50. The lowest BCUT2D eigenvalue weighted by molar-refractivity contribution is 0.639. The fourth-order valence-electron chi connectivity index (χ4n) is 2.36. The van der Waals surface area contributed by atoms with Gasteiger partial charge in [-0.25, -0.2) is 0 Å². The molecule has 0 aliphatic carbocycles. The van der Waals surface area contributed by atoms with Crippen LogP contribution in [-0.4, -0.2) is 21.3 Å². The summed E-state index contributed by atoms with van der Waals surface area (Å²) in [7, 11) is 1.96. The molecule has 2 aromatic heterocycles. The van der Waals surface area contributed by atoms with Gasteiger partial charge in [0.05, 0.1) is 5.02 Å². The van der Waals surface area contributed by atoms with Gasteiger partial charge >= 0.3 is 0 Å². The van der Waals surface area contributed by atoms with Crippen LogP contribution >= 0.6 is 11.6 Å². The molecule has 0 unspecified atom stereocenters. The Balaban J connectivity index is 1.60. The first kappa shape index (κ1) is 13.2. The van der Waals surface area contributed by atoms with Crippen LogP contribution in [0.4, 0.5) is 0 Å². The van der Waals surface area contributed by atoms with Crippen LogP contribution < -0.4 is 5.32 Å². The normalized spacial score (nSPS) is 11.3. The average molecular weight is 289 g/mol. The van der Waals surface area contributed by atoms with Crippen molar-refractivity contribution in [1.82, 2.24) is 20.1 Å². The number of aromatic amines is 1. The van der Waals surface area contributed by atoms with E-state index in [1.165, 1.54) is 5.69 Å². The van der Waals surface area contributed by atoms with Gasteiger partial charge in [0.15, 0.2) is 0 Å². The minimum absolute atomic E-state index is 0.741. The summed E-state index contributed by atoms with van der Waals surface area (Å²) >= 11 is 6.38. The van der Waals surface area contributed by atoms with Gasteiger partial charge in [-0.3, -0.25) is 4.68 Å². The summed E-state index contributed by atoms with van der Waals surface area (Å²) in [6.45, 7) is 1.64. The molecule has 104 valence electrons. The third kappa shape index (κ3) is 2.57. The second-order valence-electron chi connectivity index (χ2n) is 4.84. The number of nitrogens with one attached hydrogen (secondary N) is 2. The minimum atomic E-state index is 0.741. The van der Waals surface area contributed by atoms with Gasteiger partial charge in [-0.2, -0.15) is 5.10 Å². The van der Waals surface area contributed by atoms with Gasteiger partial charge in [0.1, 0.15) is 0 Å². The summed E-state index contributed by atoms with van der Waals surface area (Å²) in [6, 6.07) is 10.1. The summed E-state index contributed by atoms with van der Waals surface area (Å²) in [5, 5.41) is 9.46. The highest BCUT2D eigenvalue weighted by molar-refractivity contribution is 6.36. The predicted octanol–water partition coefficient (Wildman–Crippen LogP) is 2.89. The molecule has 3 aromatic rings. The summed E-state index contributed by atoms with van der Waals surface area (Å²) in [6.07, 6.45) is 2.78. The van der Waals surface area contributed by atoms with Crippen LogP contribution in [-0.2, 0) is 20.0 Å². The number of nitrogens with zero attached hydrogens (tertiary/aromatic N) is 2. The Morgan fingerprint density at radius 2 is 2.15 bits per heavy atom. The van der Waals surface area contributed by atoms with Crippen molar-refractivity contribution < 1.29 is 0 Å². The minimum Gasteiger partial charge on any atom is -0.356 e. The van der Waals surface area contributed by atoms with E-state index in [9.17, 15) is 0 Å². The maximum Gasteiger partial charge on any atom is 0.0705 e. The number of hydrogen-bond donors (Lipinski definition) is 2. The summed E-state index contributed by atoms with van der Waals surface area (Å²) in [5.74, 6) is 0. The zero-order valence-corrected chi connectivity index (χ0v) is 12.1. The molecule has 20 heavy (non-hydrogen) atoms. The number of hydrogen-bond acceptors (Lipinski definition) is 2. The SMILES string of the molecule is Cn1nccc1CCNCc1[nH]c2ccccc2c1Cl. The Hall–Kier alpha value is -1.78. The van der Waals surface area contributed by atoms with Crippen LogP contribution in [0, 0.1) is 0 Å². The molecule has 0 amide bonds. The number of benzene rings is 1. The van der Waals surface area contributed by atoms with Gasteiger partial charge in [0.2, 0.25) is 0 Å². The van der Waals surface area contributed by atoms with Crippen molar-refractivity contribution in [3.63, 3.8) is 0 Å². The lowest BCUT2D eigenvalue weighted by Crippen LogP contribution is -2.18. The fourth-order valence-corrected chi connectivity index (χ4v) is 2.64. The standard InChI is InChI=1S/C15H17ClN4/c1-20-11(7-9-18-20)6-8-17-10-14-15(16)12-4-2-3-5-13(12)19-14/h2-5,7,9,17,19H,6,8,10H2,1H3. The van der Waals surface area contributed by atoms with Crippen molar-refractivity contribution in [1.29, 1.82) is 0 Å². The van der Waals surface area contributed by atoms with Gasteiger partial charge in [0, 0.05) is 55.0 Å². The average Bonchev–Trinajstić information content (AvgIpc) is 3.00. The van der Waals surface area contributed by atoms with Gasteiger partial charge in [0.25, 0.3) is 0 Å². The highest BCUT2D eigenvalue weighted by Gasteiger charge is 2.08. The van der Waals surface area contributed by atoms with Crippen molar-refractivity contribution in [3.05, 3.63) is 52.9 Å². The lowest BCUT2D eigenvalue weighted by Gasteiger charge is -2.04. The second-order valence-corrected chi connectivity index (χ2v) is 5.21. The Morgan fingerprint density at radius 1 is 1.30 bits per heavy atom. The molecule has 0 aliphatic rings. The first-order chi connectivity index (χ1) is 9.75. The Bertz CT molecular complexity index is 714. The zero-order valence-electron chi connectivity index (χ0n) is 11.4. The first-order valence-electron chi connectivity index (χ1n) is 6.68. The van der Waals surface area contributed by atoms with Crippen LogP contribution in [0.25, 0.3) is 10.9 Å². The van der Waals surface area contributed by atoms with Crippen molar-refractivity contribution >= 4 is 22.5 Å². The number of H-pyrrole nitrogens is 1. The summed E-state index contributed by atoms with van der Waals surface area (Å²) < 4.78 is 1.90. The van der Waals surface area contributed by atoms with Crippen molar-refractivity contribution in [2.75, 3.05) is 6.54 Å². The molecule has 0 saturated heterocycles. The van der Waals surface area contributed by atoms with Gasteiger partial charge in [-0.05, 0) is 12.1 Å². The van der Waals surface area contributed by atoms with E-state index in [1.54, 1.807) is 0 Å². The number of rotatable bonds is 5. The van der Waals surface area contributed by atoms with E-state index in [1.807, 2.05) is 48.3 Å². The van der Waals surface area contributed by atoms with E-state index < -0.39 is 0 Å². The summed E-state index contributed by atoms with van der Waals surface area (Å²) in [4.78, 5) is 3.36. The van der Waals surface area contributed by atoms with Gasteiger partial charge < -0.3 is 10.3 Å². The molecule has 5 heteroatoms. The number of para-hydroxylation sites is 1. The number of halogens is 1. The Morgan fingerprint density at radius 3 is 2.90 bits per heavy atom. The topological polar surface area (TPSA) is 45.6 Å². The zero-order chi connectivity index (χ0) is 13.9. The molecule has 1 aromatic carbocycles. The number of aromatic nitrogens is 3. The van der Waals surface area contributed by atoms with Crippen LogP contribution in [0.5, 0.6) is 0 Å². The number of aryl methyl sites for hydroxylation is 1. The van der Waals surface area contributed by atoms with Crippen molar-refractivity contribution in [3.8, 4) is 0 Å². The Kier molecular flexibility index (Phi) is 3.76. The van der Waals surface area contributed by atoms with E-state index in [0.29, 0.717) is 0 Å². The highest BCUT2D eigenvalue weighted by atomic mass is 35.5. The van der Waals surface area contributed by atoms with Crippen LogP contribution in [0.1, 0.15) is 11.4 Å². The molecular formula is C15H17ClN4. The van der Waals surface area contributed by atoms with Gasteiger partial charge in [-0.15, -0.1) is 0 Å². The molecule has 0 fully saturated rings. The van der Waals surface area contributed by atoms with E-state index in [4.69, 9.17) is 11.6 Å². The number of fused-ring (bicyclic) bond motifs is 1. The second kappa shape index (κ2) is 5.69. The molecule has 0 radical (unpaired) electrons. The molecule has 2 heterocycles. The maximum atomic E-state index is 6.38. The summed E-state index contributed by atoms with van der Waals surface area (Å²) in [5.41, 5.74) is 3.35. The van der Waals surface area contributed by atoms with Crippen molar-refractivity contribution in [2.24, 2.45) is 7.05 Å². The van der Waals surface area contributed by atoms with Gasteiger partial charge in [-0.1, -0.05) is 29.8 Å². The molecule has 2 N–H and O–H groups in total. The molecule has 0 aliphatic heterocycles. The highest BCUT2D eigenvalue weighted by Crippen LogP contribution is 2.26. The van der Waals surface area contributed by atoms with E-state index >= 15 is 0 Å².